The summed E-state index contributed by atoms with van der Waals surface area (Å²) in [4.78, 5) is 34.7. The van der Waals surface area contributed by atoms with Crippen LogP contribution in [0.4, 0.5) is 18.9 Å². The van der Waals surface area contributed by atoms with Crippen molar-refractivity contribution >= 4 is 46.7 Å². The van der Waals surface area contributed by atoms with E-state index in [-0.39, 0.29) is 30.6 Å². The number of para-hydroxylation sites is 1. The smallest absolute Gasteiger partial charge is 0.475 e. The van der Waals surface area contributed by atoms with Crippen LogP contribution in [-0.4, -0.2) is 35.6 Å². The lowest BCUT2D eigenvalue weighted by Gasteiger charge is -2.30. The normalized spacial score (nSPS) is 18.2. The molecule has 1 fully saturated rings. The van der Waals surface area contributed by atoms with Crippen LogP contribution >= 0.6 is 23.2 Å². The molecule has 32 heavy (non-hydrogen) atoms. The largest absolute Gasteiger partial charge is 0.490 e. The van der Waals surface area contributed by atoms with Gasteiger partial charge in [0.15, 0.2) is 0 Å². The number of hydrogen-bond acceptors (Lipinski definition) is 4. The SMILES string of the molecule is O=C(O)C(F)(F)F.O=C1CCC(=O)N1c1ccccc1[C@@H]1CNCc2c(Cl)cc(Cl)cc21. The zero-order chi connectivity index (χ0) is 23.6. The molecular formula is C21H17Cl2F3N2O4. The Morgan fingerprint density at radius 2 is 1.66 bits per heavy atom. The fraction of sp³-hybridized carbons (Fsp3) is 0.286. The zero-order valence-corrected chi connectivity index (χ0v) is 17.9. The van der Waals surface area contributed by atoms with Gasteiger partial charge < -0.3 is 10.4 Å². The van der Waals surface area contributed by atoms with Gasteiger partial charge in [-0.2, -0.15) is 13.2 Å². The summed E-state index contributed by atoms with van der Waals surface area (Å²) in [5, 5.41) is 11.7. The van der Waals surface area contributed by atoms with E-state index in [9.17, 15) is 22.8 Å². The van der Waals surface area contributed by atoms with Gasteiger partial charge in [-0.15, -0.1) is 0 Å². The number of imide groups is 1. The molecule has 2 heterocycles. The maximum Gasteiger partial charge on any atom is 0.490 e. The van der Waals surface area contributed by atoms with Crippen molar-refractivity contribution in [2.45, 2.75) is 31.5 Å². The number of anilines is 1. The third-order valence-corrected chi connectivity index (χ3v) is 5.62. The van der Waals surface area contributed by atoms with Crippen LogP contribution in [0.1, 0.15) is 35.4 Å². The van der Waals surface area contributed by atoms with Gasteiger partial charge in [-0.05, 0) is 34.9 Å². The van der Waals surface area contributed by atoms with Crippen molar-refractivity contribution in [2.24, 2.45) is 0 Å². The molecule has 0 aromatic heterocycles. The number of amides is 2. The quantitative estimate of drug-likeness (QED) is 0.607. The Kier molecular flexibility index (Phi) is 7.12. The second kappa shape index (κ2) is 9.48. The van der Waals surface area contributed by atoms with Crippen LogP contribution in [0.3, 0.4) is 0 Å². The second-order valence-corrected chi connectivity index (χ2v) is 7.97. The lowest BCUT2D eigenvalue weighted by atomic mass is 9.84. The number of alkyl halides is 3. The predicted octanol–water partition coefficient (Wildman–Crippen LogP) is 4.52. The Labute approximate surface area is 190 Å². The van der Waals surface area contributed by atoms with Gasteiger partial charge in [-0.3, -0.25) is 14.5 Å². The van der Waals surface area contributed by atoms with Gasteiger partial charge in [0.05, 0.1) is 5.69 Å². The van der Waals surface area contributed by atoms with Crippen molar-refractivity contribution in [3.05, 3.63) is 63.1 Å². The van der Waals surface area contributed by atoms with Gasteiger partial charge in [0.2, 0.25) is 11.8 Å². The molecule has 2 aromatic rings. The molecule has 6 nitrogen and oxygen atoms in total. The number of carboxylic acids is 1. The standard InChI is InChI=1S/C19H16Cl2N2O2.C2HF3O2/c20-11-7-13-14(9-22-10-15(13)16(21)8-11)12-3-1-2-4-17(12)23-18(24)5-6-19(23)25;3-2(4,5)1(6)7/h1-4,7-8,14,22H,5-6,9-10H2;(H,6,7)/t14-;/m0./s1. The monoisotopic (exact) mass is 488 g/mol. The number of nitrogens with one attached hydrogen (secondary N) is 1. The number of benzene rings is 2. The molecular weight excluding hydrogens is 472 g/mol. The number of halogens is 5. The van der Waals surface area contributed by atoms with Gasteiger partial charge >= 0.3 is 12.1 Å². The topological polar surface area (TPSA) is 86.7 Å². The lowest BCUT2D eigenvalue weighted by Crippen LogP contribution is -2.33. The van der Waals surface area contributed by atoms with Gasteiger partial charge in [0, 0.05) is 41.9 Å². The van der Waals surface area contributed by atoms with Crippen molar-refractivity contribution in [3.63, 3.8) is 0 Å². The van der Waals surface area contributed by atoms with E-state index >= 15 is 0 Å². The minimum Gasteiger partial charge on any atom is -0.475 e. The summed E-state index contributed by atoms with van der Waals surface area (Å²) >= 11 is 12.6. The Morgan fingerprint density at radius 3 is 2.25 bits per heavy atom. The molecule has 4 rings (SSSR count). The molecule has 1 saturated heterocycles. The summed E-state index contributed by atoms with van der Waals surface area (Å²) in [5.74, 6) is -3.08. The molecule has 11 heteroatoms. The highest BCUT2D eigenvalue weighted by atomic mass is 35.5. The highest BCUT2D eigenvalue weighted by molar-refractivity contribution is 6.35. The molecule has 0 spiro atoms. The molecule has 2 amide bonds. The van der Waals surface area contributed by atoms with Crippen molar-refractivity contribution < 1.29 is 32.7 Å². The van der Waals surface area contributed by atoms with Crippen LogP contribution < -0.4 is 10.2 Å². The fourth-order valence-corrected chi connectivity index (χ4v) is 4.26. The van der Waals surface area contributed by atoms with E-state index < -0.39 is 12.1 Å². The molecule has 0 bridgehead atoms. The summed E-state index contributed by atoms with van der Waals surface area (Å²) < 4.78 is 31.7. The van der Waals surface area contributed by atoms with Gasteiger partial charge in [-0.1, -0.05) is 41.4 Å². The summed E-state index contributed by atoms with van der Waals surface area (Å²) in [6, 6.07) is 11.2. The van der Waals surface area contributed by atoms with Crippen LogP contribution in [0.5, 0.6) is 0 Å². The number of fused-ring (bicyclic) bond motifs is 1. The molecule has 2 N–H and O–H groups in total. The van der Waals surface area contributed by atoms with Crippen LogP contribution in [0.2, 0.25) is 10.0 Å². The van der Waals surface area contributed by atoms with E-state index in [0.29, 0.717) is 28.8 Å². The number of rotatable bonds is 2. The first kappa shape index (κ1) is 24.0. The van der Waals surface area contributed by atoms with E-state index in [4.69, 9.17) is 33.1 Å². The van der Waals surface area contributed by atoms with Crippen LogP contribution in [-0.2, 0) is 20.9 Å². The molecule has 170 valence electrons. The van der Waals surface area contributed by atoms with Gasteiger partial charge in [0.1, 0.15) is 0 Å². The molecule has 1 atom stereocenters. The van der Waals surface area contributed by atoms with E-state index in [1.165, 1.54) is 4.90 Å². The highest BCUT2D eigenvalue weighted by Gasteiger charge is 2.38. The van der Waals surface area contributed by atoms with Crippen LogP contribution in [0.15, 0.2) is 36.4 Å². The molecule has 0 radical (unpaired) electrons. The van der Waals surface area contributed by atoms with Crippen molar-refractivity contribution in [1.82, 2.24) is 5.32 Å². The number of aliphatic carboxylic acids is 1. The Hall–Kier alpha value is -2.62. The van der Waals surface area contributed by atoms with Crippen LogP contribution in [0, 0.1) is 0 Å². The number of carbonyl (C=O) groups is 3. The summed E-state index contributed by atoms with van der Waals surface area (Å²) in [5.41, 5.74) is 3.64. The second-order valence-electron chi connectivity index (χ2n) is 7.12. The Bertz CT molecular complexity index is 1060. The highest BCUT2D eigenvalue weighted by Crippen LogP contribution is 2.40. The zero-order valence-electron chi connectivity index (χ0n) is 16.4. The minimum absolute atomic E-state index is 0.0302. The third kappa shape index (κ3) is 5.06. The lowest BCUT2D eigenvalue weighted by molar-refractivity contribution is -0.192. The van der Waals surface area contributed by atoms with E-state index in [1.54, 1.807) is 6.07 Å². The average Bonchev–Trinajstić information content (AvgIpc) is 3.05. The van der Waals surface area contributed by atoms with Gasteiger partial charge in [-0.25, -0.2) is 4.79 Å². The molecule has 0 unspecified atom stereocenters. The minimum atomic E-state index is -5.08. The van der Waals surface area contributed by atoms with E-state index in [2.05, 4.69) is 5.32 Å². The maximum atomic E-state index is 12.2. The first-order valence-electron chi connectivity index (χ1n) is 9.44. The van der Waals surface area contributed by atoms with Crippen molar-refractivity contribution in [2.75, 3.05) is 11.4 Å². The number of nitrogens with zero attached hydrogens (tertiary/aromatic N) is 1. The average molecular weight is 489 g/mol. The predicted molar refractivity (Wildman–Crippen MR) is 112 cm³/mol. The van der Waals surface area contributed by atoms with E-state index in [1.807, 2.05) is 30.3 Å². The molecule has 0 saturated carbocycles. The number of hydrogen-bond donors (Lipinski definition) is 2. The van der Waals surface area contributed by atoms with Crippen LogP contribution in [0.25, 0.3) is 0 Å². The van der Waals surface area contributed by atoms with Crippen molar-refractivity contribution in [3.8, 4) is 0 Å². The summed E-state index contributed by atoms with van der Waals surface area (Å²) in [6.45, 7) is 1.36. The summed E-state index contributed by atoms with van der Waals surface area (Å²) in [7, 11) is 0. The number of carbonyl (C=O) groups excluding carboxylic acids is 2. The Morgan fingerprint density at radius 1 is 1.06 bits per heavy atom. The first-order valence-corrected chi connectivity index (χ1v) is 10.2. The molecule has 2 aliphatic rings. The fourth-order valence-electron chi connectivity index (χ4n) is 3.68. The molecule has 2 aliphatic heterocycles. The molecule has 2 aromatic carbocycles. The third-order valence-electron chi connectivity index (χ3n) is 5.07. The Balaban J connectivity index is 0.000000360. The van der Waals surface area contributed by atoms with E-state index in [0.717, 1.165) is 16.7 Å². The molecule has 0 aliphatic carbocycles. The summed E-state index contributed by atoms with van der Waals surface area (Å²) in [6.07, 6.45) is -4.55. The number of carboxylic acid groups (broad SMARTS) is 1. The first-order chi connectivity index (χ1) is 15.0. The van der Waals surface area contributed by atoms with Crippen molar-refractivity contribution in [1.29, 1.82) is 0 Å². The maximum absolute atomic E-state index is 12.2. The van der Waals surface area contributed by atoms with Gasteiger partial charge in [0.25, 0.3) is 0 Å².